The summed E-state index contributed by atoms with van der Waals surface area (Å²) >= 11 is 0. The van der Waals surface area contributed by atoms with Gasteiger partial charge in [0.1, 0.15) is 22.7 Å². The molecule has 38 heavy (non-hydrogen) atoms. The zero-order valence-electron chi connectivity index (χ0n) is 23.1. The molecule has 1 aliphatic rings. The van der Waals surface area contributed by atoms with Crippen molar-refractivity contribution >= 4 is 28.7 Å². The van der Waals surface area contributed by atoms with E-state index in [1.54, 1.807) is 11.0 Å². The van der Waals surface area contributed by atoms with Crippen LogP contribution in [-0.4, -0.2) is 54.1 Å². The Bertz CT molecular complexity index is 1200. The smallest absolute Gasteiger partial charge is 0.410 e. The van der Waals surface area contributed by atoms with Crippen LogP contribution in [0, 0.1) is 11.7 Å². The Balaban J connectivity index is 1.76. The van der Waals surface area contributed by atoms with Gasteiger partial charge in [-0.15, -0.1) is 0 Å². The van der Waals surface area contributed by atoms with Gasteiger partial charge in [-0.05, 0) is 80.8 Å². The molecule has 2 aromatic carbocycles. The van der Waals surface area contributed by atoms with Crippen LogP contribution in [0.4, 0.5) is 14.9 Å². The van der Waals surface area contributed by atoms with E-state index in [0.717, 1.165) is 5.56 Å². The Morgan fingerprint density at radius 2 is 1.84 bits per heavy atom. The highest BCUT2D eigenvalue weighted by atomic mass is 32.2. The number of ether oxygens (including phenoxy) is 3. The zero-order chi connectivity index (χ0) is 28.2. The molecule has 8 nitrogen and oxygen atoms in total. The fraction of sp³-hybridized carbons (Fsp3) is 0.500. The quantitative estimate of drug-likeness (QED) is 0.406. The van der Waals surface area contributed by atoms with E-state index < -0.39 is 28.4 Å². The fourth-order valence-corrected chi connectivity index (χ4v) is 5.40. The van der Waals surface area contributed by atoms with Crippen molar-refractivity contribution in [3.8, 4) is 5.75 Å². The number of esters is 1. The molecule has 3 rings (SSSR count). The summed E-state index contributed by atoms with van der Waals surface area (Å²) in [4.78, 5) is 26.9. The molecule has 1 N–H and O–H groups in total. The maximum atomic E-state index is 14.2. The number of nitrogens with zero attached hydrogens (tertiary/aromatic N) is 1. The predicted octanol–water partition coefficient (Wildman–Crippen LogP) is 5.68. The SMILES string of the molecule is COC(=O)c1c(NS(=O)c2ccc(F)cc2CCC2CN(C(=O)OC(C)(C)C)C2)ccc(C(C)C)c1OC. The Morgan fingerprint density at radius 3 is 2.42 bits per heavy atom. The van der Waals surface area contributed by atoms with E-state index in [0.29, 0.717) is 47.8 Å². The van der Waals surface area contributed by atoms with Gasteiger partial charge in [-0.25, -0.2) is 18.2 Å². The number of halogens is 1. The number of benzene rings is 2. The van der Waals surface area contributed by atoms with E-state index in [1.807, 2.05) is 40.7 Å². The van der Waals surface area contributed by atoms with Gasteiger partial charge in [0.2, 0.25) is 0 Å². The molecule has 0 aromatic heterocycles. The van der Waals surface area contributed by atoms with Crippen LogP contribution in [-0.2, 0) is 26.9 Å². The van der Waals surface area contributed by atoms with Gasteiger partial charge in [0.05, 0.1) is 24.8 Å². The average molecular weight is 549 g/mol. The van der Waals surface area contributed by atoms with E-state index in [2.05, 4.69) is 4.72 Å². The fourth-order valence-electron chi connectivity index (χ4n) is 4.33. The van der Waals surface area contributed by atoms with Crippen molar-refractivity contribution in [1.29, 1.82) is 0 Å². The number of nitrogens with one attached hydrogen (secondary N) is 1. The first-order valence-corrected chi connectivity index (χ1v) is 13.7. The van der Waals surface area contributed by atoms with Crippen molar-refractivity contribution in [1.82, 2.24) is 4.90 Å². The summed E-state index contributed by atoms with van der Waals surface area (Å²) in [5.41, 5.74) is 1.29. The summed E-state index contributed by atoms with van der Waals surface area (Å²) in [5, 5.41) is 0. The number of carbonyl (C=O) groups excluding carboxylic acids is 2. The van der Waals surface area contributed by atoms with Crippen LogP contribution in [0.5, 0.6) is 5.75 Å². The van der Waals surface area contributed by atoms with Gasteiger partial charge in [-0.2, -0.15) is 0 Å². The normalized spacial score (nSPS) is 14.6. The average Bonchev–Trinajstić information content (AvgIpc) is 2.80. The summed E-state index contributed by atoms with van der Waals surface area (Å²) in [6.45, 7) is 10.5. The summed E-state index contributed by atoms with van der Waals surface area (Å²) < 4.78 is 46.4. The van der Waals surface area contributed by atoms with Crippen LogP contribution in [0.2, 0.25) is 0 Å². The molecule has 1 saturated heterocycles. The largest absolute Gasteiger partial charge is 0.495 e. The van der Waals surface area contributed by atoms with Gasteiger partial charge in [-0.3, -0.25) is 0 Å². The third-order valence-electron chi connectivity index (χ3n) is 6.26. The van der Waals surface area contributed by atoms with Crippen molar-refractivity contribution in [3.05, 3.63) is 52.8 Å². The van der Waals surface area contributed by atoms with Crippen LogP contribution < -0.4 is 9.46 Å². The molecule has 1 heterocycles. The molecule has 10 heteroatoms. The number of anilines is 1. The molecular weight excluding hydrogens is 511 g/mol. The lowest BCUT2D eigenvalue weighted by Crippen LogP contribution is -2.51. The Hall–Kier alpha value is -3.14. The number of likely N-dealkylation sites (tertiary alicyclic amines) is 1. The van der Waals surface area contributed by atoms with Crippen molar-refractivity contribution in [2.24, 2.45) is 5.92 Å². The van der Waals surface area contributed by atoms with Crippen molar-refractivity contribution in [3.63, 3.8) is 0 Å². The molecule has 1 unspecified atom stereocenters. The molecule has 0 bridgehead atoms. The first-order chi connectivity index (χ1) is 17.8. The molecule has 1 amide bonds. The third-order valence-corrected chi connectivity index (χ3v) is 7.46. The first kappa shape index (κ1) is 29.4. The van der Waals surface area contributed by atoms with Crippen molar-refractivity contribution in [2.45, 2.75) is 63.9 Å². The summed E-state index contributed by atoms with van der Waals surface area (Å²) in [6.07, 6.45) is 0.829. The second kappa shape index (κ2) is 12.1. The van der Waals surface area contributed by atoms with Crippen molar-refractivity contribution in [2.75, 3.05) is 32.0 Å². The molecule has 1 atom stereocenters. The second-order valence-electron chi connectivity index (χ2n) is 10.7. The standard InChI is InChI=1S/C28H37FN2O6S/c1-17(2)21-11-12-22(24(25(21)35-6)26(32)36-7)30-38(34)23-13-10-20(29)14-19(23)9-8-18-15-31(16-18)27(33)37-28(3,4)5/h10-14,17-18,30H,8-9,15-16H2,1-7H3. The van der Waals surface area contributed by atoms with Crippen LogP contribution in [0.1, 0.15) is 68.4 Å². The molecule has 2 aromatic rings. The summed E-state index contributed by atoms with van der Waals surface area (Å²) in [6, 6.07) is 7.61. The minimum absolute atomic E-state index is 0.0781. The van der Waals surface area contributed by atoms with Crippen LogP contribution in [0.15, 0.2) is 35.2 Å². The molecule has 0 radical (unpaired) electrons. The highest BCUT2D eigenvalue weighted by Crippen LogP contribution is 2.36. The minimum atomic E-state index is -1.80. The maximum Gasteiger partial charge on any atom is 0.410 e. The third kappa shape index (κ3) is 7.03. The van der Waals surface area contributed by atoms with E-state index in [-0.39, 0.29) is 23.5 Å². The molecule has 0 saturated carbocycles. The van der Waals surface area contributed by atoms with Crippen LogP contribution >= 0.6 is 0 Å². The van der Waals surface area contributed by atoms with Gasteiger partial charge >= 0.3 is 12.1 Å². The van der Waals surface area contributed by atoms with Crippen LogP contribution in [0.3, 0.4) is 0 Å². The Kier molecular flexibility index (Phi) is 9.40. The second-order valence-corrected chi connectivity index (χ2v) is 11.9. The summed E-state index contributed by atoms with van der Waals surface area (Å²) in [7, 11) is 0.940. The number of amides is 1. The summed E-state index contributed by atoms with van der Waals surface area (Å²) in [5.74, 6) is -0.383. The lowest BCUT2D eigenvalue weighted by atomic mass is 9.93. The maximum absolute atomic E-state index is 14.2. The monoisotopic (exact) mass is 548 g/mol. The lowest BCUT2D eigenvalue weighted by Gasteiger charge is -2.40. The number of rotatable bonds is 9. The first-order valence-electron chi connectivity index (χ1n) is 12.6. The molecule has 0 aliphatic carbocycles. The lowest BCUT2D eigenvalue weighted by molar-refractivity contribution is -0.00205. The highest BCUT2D eigenvalue weighted by molar-refractivity contribution is 7.86. The number of hydrogen-bond donors (Lipinski definition) is 1. The molecule has 1 aliphatic heterocycles. The number of hydrogen-bond acceptors (Lipinski definition) is 6. The van der Waals surface area contributed by atoms with E-state index in [4.69, 9.17) is 14.2 Å². The van der Waals surface area contributed by atoms with Gasteiger partial charge in [0, 0.05) is 13.1 Å². The van der Waals surface area contributed by atoms with Crippen molar-refractivity contribution < 1.29 is 32.4 Å². The Labute approximate surface area is 226 Å². The van der Waals surface area contributed by atoms with Gasteiger partial charge < -0.3 is 23.8 Å². The predicted molar refractivity (Wildman–Crippen MR) is 144 cm³/mol. The van der Waals surface area contributed by atoms with E-state index in [1.165, 1.54) is 32.4 Å². The van der Waals surface area contributed by atoms with Gasteiger partial charge in [-0.1, -0.05) is 19.9 Å². The molecule has 208 valence electrons. The Morgan fingerprint density at radius 1 is 1.16 bits per heavy atom. The van der Waals surface area contributed by atoms with Gasteiger partial charge in [0.25, 0.3) is 0 Å². The topological polar surface area (TPSA) is 94.2 Å². The van der Waals surface area contributed by atoms with E-state index >= 15 is 0 Å². The number of carbonyl (C=O) groups is 2. The molecule has 0 spiro atoms. The van der Waals surface area contributed by atoms with E-state index in [9.17, 15) is 18.2 Å². The molecule has 1 fully saturated rings. The minimum Gasteiger partial charge on any atom is -0.495 e. The number of methoxy groups -OCH3 is 2. The molecular formula is C28H37FN2O6S. The highest BCUT2D eigenvalue weighted by Gasteiger charge is 2.33. The van der Waals surface area contributed by atoms with Crippen LogP contribution in [0.25, 0.3) is 0 Å². The number of aryl methyl sites for hydroxylation is 1. The van der Waals surface area contributed by atoms with Gasteiger partial charge in [0.15, 0.2) is 11.0 Å². The zero-order valence-corrected chi connectivity index (χ0v) is 23.9.